The summed E-state index contributed by atoms with van der Waals surface area (Å²) in [7, 11) is 0. The van der Waals surface area contributed by atoms with Crippen LogP contribution in [-0.2, 0) is 14.3 Å². The molecule has 0 spiro atoms. The molecule has 0 aromatic heterocycles. The lowest BCUT2D eigenvalue weighted by Gasteiger charge is -2.41. The molecular formula is C44H89N2O3+. The fraction of sp³-hybridized carbons (Fsp3) is 0.977. The van der Waals surface area contributed by atoms with Crippen molar-refractivity contribution in [2.45, 2.75) is 220 Å². The zero-order chi connectivity index (χ0) is 35.4. The highest BCUT2D eigenvalue weighted by Crippen LogP contribution is 2.18. The van der Waals surface area contributed by atoms with Crippen LogP contribution in [0.1, 0.15) is 220 Å². The van der Waals surface area contributed by atoms with Crippen molar-refractivity contribution < 1.29 is 18.8 Å². The average molecular weight is 694 g/mol. The van der Waals surface area contributed by atoms with Gasteiger partial charge in [0.2, 0.25) is 5.91 Å². The molecule has 1 rings (SSSR count). The molecule has 5 heteroatoms. The Labute approximate surface area is 308 Å². The predicted molar refractivity (Wildman–Crippen MR) is 213 cm³/mol. The predicted octanol–water partition coefficient (Wildman–Crippen LogP) is 12.8. The summed E-state index contributed by atoms with van der Waals surface area (Å²) in [6.45, 7) is 15.0. The van der Waals surface area contributed by atoms with Crippen molar-refractivity contribution in [1.29, 1.82) is 0 Å². The summed E-state index contributed by atoms with van der Waals surface area (Å²) in [4.78, 5) is 14.7. The lowest BCUT2D eigenvalue weighted by molar-refractivity contribution is -0.936. The first-order valence-electron chi connectivity index (χ1n) is 22.5. The maximum absolute atomic E-state index is 12.6. The van der Waals surface area contributed by atoms with Crippen molar-refractivity contribution in [1.82, 2.24) is 4.90 Å². The average Bonchev–Trinajstić information content (AvgIpc) is 3.50. The van der Waals surface area contributed by atoms with Crippen LogP contribution in [0.15, 0.2) is 0 Å². The van der Waals surface area contributed by atoms with Gasteiger partial charge >= 0.3 is 0 Å². The van der Waals surface area contributed by atoms with Gasteiger partial charge in [0, 0.05) is 26.2 Å². The maximum atomic E-state index is 12.6. The molecule has 0 saturated carbocycles. The van der Waals surface area contributed by atoms with E-state index < -0.39 is 0 Å². The lowest BCUT2D eigenvalue weighted by atomic mass is 10.0. The molecule has 5 nitrogen and oxygen atoms in total. The summed E-state index contributed by atoms with van der Waals surface area (Å²) in [6.07, 6.45) is 41.8. The highest BCUT2D eigenvalue weighted by Gasteiger charge is 2.33. The van der Waals surface area contributed by atoms with Gasteiger partial charge in [-0.25, -0.2) is 0 Å². The molecule has 292 valence electrons. The van der Waals surface area contributed by atoms with Gasteiger partial charge < -0.3 is 14.0 Å². The molecule has 0 aromatic rings. The Balaban J connectivity index is 2.14. The molecular weight excluding hydrogens is 604 g/mol. The van der Waals surface area contributed by atoms with Crippen LogP contribution in [0.5, 0.6) is 0 Å². The summed E-state index contributed by atoms with van der Waals surface area (Å²) in [5, 5.41) is 0. The third kappa shape index (κ3) is 28.6. The second kappa shape index (κ2) is 35.7. The van der Waals surface area contributed by atoms with Gasteiger partial charge in [0.15, 0.2) is 6.67 Å². The highest BCUT2D eigenvalue weighted by molar-refractivity contribution is 5.77. The SMILES string of the molecule is CCCCCCCCCCCCCCCCOCC[N+](CCC)(CCOCCCCCCCCCCCCCCCC)CN1CCCC1=O. The number of carbonyl (C=O) groups is 1. The number of hydrogen-bond donors (Lipinski definition) is 0. The molecule has 1 aliphatic rings. The van der Waals surface area contributed by atoms with E-state index in [0.717, 1.165) is 83.0 Å². The van der Waals surface area contributed by atoms with Gasteiger partial charge in [-0.2, -0.15) is 0 Å². The smallest absolute Gasteiger partial charge is 0.226 e. The van der Waals surface area contributed by atoms with Gasteiger partial charge in [-0.1, -0.05) is 188 Å². The summed E-state index contributed by atoms with van der Waals surface area (Å²) in [5.41, 5.74) is 0. The fourth-order valence-electron chi connectivity index (χ4n) is 7.76. The molecule has 0 aliphatic carbocycles. The summed E-state index contributed by atoms with van der Waals surface area (Å²) in [5.74, 6) is 0.338. The molecule has 1 heterocycles. The van der Waals surface area contributed by atoms with Crippen molar-refractivity contribution >= 4 is 5.91 Å². The minimum Gasteiger partial charge on any atom is -0.376 e. The number of amides is 1. The van der Waals surface area contributed by atoms with Crippen LogP contribution in [-0.4, -0.2) is 74.6 Å². The Morgan fingerprint density at radius 3 is 1.10 bits per heavy atom. The number of quaternary nitrogens is 1. The van der Waals surface area contributed by atoms with Crippen LogP contribution in [0, 0.1) is 0 Å². The molecule has 1 fully saturated rings. The van der Waals surface area contributed by atoms with Crippen molar-refractivity contribution in [3.8, 4) is 0 Å². The van der Waals surface area contributed by atoms with Gasteiger partial charge in [-0.3, -0.25) is 9.69 Å². The van der Waals surface area contributed by atoms with Gasteiger partial charge in [0.05, 0.1) is 19.8 Å². The molecule has 1 amide bonds. The molecule has 0 atom stereocenters. The summed E-state index contributed by atoms with van der Waals surface area (Å²) >= 11 is 0. The van der Waals surface area contributed by atoms with E-state index in [1.807, 2.05) is 0 Å². The Bertz CT molecular complexity index is 649. The molecule has 1 aliphatic heterocycles. The topological polar surface area (TPSA) is 38.8 Å². The van der Waals surface area contributed by atoms with E-state index in [-0.39, 0.29) is 0 Å². The van der Waals surface area contributed by atoms with E-state index in [0.29, 0.717) is 5.91 Å². The van der Waals surface area contributed by atoms with Gasteiger partial charge in [-0.15, -0.1) is 0 Å². The Morgan fingerprint density at radius 2 is 0.796 bits per heavy atom. The van der Waals surface area contributed by atoms with E-state index in [9.17, 15) is 4.79 Å². The standard InChI is InChI=1S/C44H89N2O3/c1-4-7-9-11-13-15-17-19-21-23-25-27-29-31-39-48-41-37-46(36-6-3,43-45-35-33-34-44(45)47)38-42-49-40-32-30-28-26-24-22-20-18-16-14-12-10-8-5-2/h4-43H2,1-3H3/q+1. The van der Waals surface area contributed by atoms with E-state index >= 15 is 0 Å². The van der Waals surface area contributed by atoms with Crippen LogP contribution in [0.4, 0.5) is 0 Å². The van der Waals surface area contributed by atoms with E-state index in [1.165, 1.54) is 180 Å². The first kappa shape index (κ1) is 46.4. The molecule has 0 N–H and O–H groups in total. The highest BCUT2D eigenvalue weighted by atomic mass is 16.5. The molecule has 0 radical (unpaired) electrons. The number of unbranched alkanes of at least 4 members (excludes halogenated alkanes) is 26. The third-order valence-electron chi connectivity index (χ3n) is 11.0. The van der Waals surface area contributed by atoms with Gasteiger partial charge in [-0.05, 0) is 25.7 Å². The lowest BCUT2D eigenvalue weighted by Crippen LogP contribution is -2.58. The number of ether oxygens (including phenoxy) is 2. The Morgan fingerprint density at radius 1 is 0.449 bits per heavy atom. The zero-order valence-corrected chi connectivity index (χ0v) is 33.9. The summed E-state index contributed by atoms with van der Waals surface area (Å²) < 4.78 is 13.4. The number of rotatable bonds is 40. The summed E-state index contributed by atoms with van der Waals surface area (Å²) in [6, 6.07) is 0. The van der Waals surface area contributed by atoms with E-state index in [2.05, 4.69) is 25.7 Å². The second-order valence-corrected chi connectivity index (χ2v) is 15.8. The number of hydrogen-bond acceptors (Lipinski definition) is 3. The molecule has 49 heavy (non-hydrogen) atoms. The third-order valence-corrected chi connectivity index (χ3v) is 11.0. The van der Waals surface area contributed by atoms with Crippen LogP contribution in [0.25, 0.3) is 0 Å². The zero-order valence-electron chi connectivity index (χ0n) is 33.9. The molecule has 0 bridgehead atoms. The molecule has 0 unspecified atom stereocenters. The molecule has 1 saturated heterocycles. The van der Waals surface area contributed by atoms with Gasteiger partial charge in [0.25, 0.3) is 0 Å². The van der Waals surface area contributed by atoms with Crippen LogP contribution in [0.2, 0.25) is 0 Å². The van der Waals surface area contributed by atoms with E-state index in [1.54, 1.807) is 0 Å². The minimum absolute atomic E-state index is 0.338. The number of likely N-dealkylation sites (tertiary alicyclic amines) is 1. The normalized spacial score (nSPS) is 13.7. The van der Waals surface area contributed by atoms with Gasteiger partial charge in [0.1, 0.15) is 13.1 Å². The first-order valence-corrected chi connectivity index (χ1v) is 22.5. The first-order chi connectivity index (χ1) is 24.2. The van der Waals surface area contributed by atoms with Crippen molar-refractivity contribution in [3.63, 3.8) is 0 Å². The monoisotopic (exact) mass is 694 g/mol. The minimum atomic E-state index is 0.338. The van der Waals surface area contributed by atoms with Crippen molar-refractivity contribution in [2.24, 2.45) is 0 Å². The van der Waals surface area contributed by atoms with E-state index in [4.69, 9.17) is 9.47 Å². The largest absolute Gasteiger partial charge is 0.376 e. The fourth-order valence-corrected chi connectivity index (χ4v) is 7.76. The quantitative estimate of drug-likeness (QED) is 0.0474. The number of nitrogens with zero attached hydrogens (tertiary/aromatic N) is 2. The van der Waals surface area contributed by atoms with Crippen LogP contribution in [0.3, 0.4) is 0 Å². The van der Waals surface area contributed by atoms with Crippen molar-refractivity contribution in [2.75, 3.05) is 59.3 Å². The van der Waals surface area contributed by atoms with Crippen molar-refractivity contribution in [3.05, 3.63) is 0 Å². The van der Waals surface area contributed by atoms with Crippen LogP contribution >= 0.6 is 0 Å². The maximum Gasteiger partial charge on any atom is 0.226 e. The van der Waals surface area contributed by atoms with Crippen LogP contribution < -0.4 is 0 Å². The Hall–Kier alpha value is -0.650. The Kier molecular flexibility index (Phi) is 33.8. The molecule has 0 aromatic carbocycles. The number of carbonyl (C=O) groups excluding carboxylic acids is 1. The second-order valence-electron chi connectivity index (χ2n) is 15.8.